The number of carbonyl (C=O) groups excluding carboxylic acids is 1. The number of aryl methyl sites for hydroxylation is 1. The summed E-state index contributed by atoms with van der Waals surface area (Å²) in [6.07, 6.45) is 7.29. The third-order valence-corrected chi connectivity index (χ3v) is 3.84. The minimum absolute atomic E-state index is 0.329. The highest BCUT2D eigenvalue weighted by Gasteiger charge is 2.19. The SMILES string of the molecule is Cc1ccc(C#CCCC(=O)C2CCCCC2)cc1. The molecule has 19 heavy (non-hydrogen) atoms. The molecule has 1 nitrogen and oxygen atoms in total. The molecule has 0 saturated heterocycles. The Balaban J connectivity index is 1.77. The number of hydrogen-bond acceptors (Lipinski definition) is 1. The lowest BCUT2D eigenvalue weighted by Gasteiger charge is -2.19. The average Bonchev–Trinajstić information content (AvgIpc) is 2.46. The van der Waals surface area contributed by atoms with Crippen LogP contribution < -0.4 is 0 Å². The summed E-state index contributed by atoms with van der Waals surface area (Å²) in [5.41, 5.74) is 2.29. The Labute approximate surface area is 116 Å². The topological polar surface area (TPSA) is 17.1 Å². The van der Waals surface area contributed by atoms with Gasteiger partial charge in [0, 0.05) is 24.3 Å². The second kappa shape index (κ2) is 7.14. The molecule has 1 aliphatic carbocycles. The normalized spacial score (nSPS) is 15.6. The molecule has 1 heteroatoms. The molecule has 2 rings (SSSR count). The molecule has 0 amide bonds. The lowest BCUT2D eigenvalue weighted by atomic mass is 9.85. The van der Waals surface area contributed by atoms with Crippen molar-refractivity contribution >= 4 is 5.78 Å². The summed E-state index contributed by atoms with van der Waals surface area (Å²) in [5.74, 6) is 7.01. The minimum Gasteiger partial charge on any atom is -0.299 e. The van der Waals surface area contributed by atoms with Gasteiger partial charge in [-0.15, -0.1) is 0 Å². The van der Waals surface area contributed by atoms with Crippen LogP contribution in [-0.2, 0) is 4.79 Å². The van der Waals surface area contributed by atoms with Gasteiger partial charge in [-0.2, -0.15) is 0 Å². The molecule has 1 fully saturated rings. The largest absolute Gasteiger partial charge is 0.299 e. The van der Waals surface area contributed by atoms with E-state index >= 15 is 0 Å². The molecule has 1 saturated carbocycles. The second-order valence-corrected chi connectivity index (χ2v) is 5.47. The van der Waals surface area contributed by atoms with Crippen molar-refractivity contribution in [2.75, 3.05) is 0 Å². The Morgan fingerprint density at radius 1 is 1.16 bits per heavy atom. The molecule has 0 N–H and O–H groups in total. The summed E-state index contributed by atoms with van der Waals surface area (Å²) in [6, 6.07) is 8.20. The van der Waals surface area contributed by atoms with Gasteiger partial charge in [0.15, 0.2) is 0 Å². The molecule has 1 aliphatic rings. The van der Waals surface area contributed by atoms with Crippen molar-refractivity contribution in [3.05, 3.63) is 35.4 Å². The lowest BCUT2D eigenvalue weighted by Crippen LogP contribution is -2.17. The number of hydrogen-bond donors (Lipinski definition) is 0. The average molecular weight is 254 g/mol. The Morgan fingerprint density at radius 3 is 2.53 bits per heavy atom. The van der Waals surface area contributed by atoms with E-state index in [9.17, 15) is 4.79 Å². The van der Waals surface area contributed by atoms with E-state index in [1.165, 1.54) is 24.8 Å². The van der Waals surface area contributed by atoms with Crippen LogP contribution in [0.1, 0.15) is 56.1 Å². The van der Waals surface area contributed by atoms with E-state index in [1.54, 1.807) is 0 Å². The van der Waals surface area contributed by atoms with Crippen LogP contribution in [0.4, 0.5) is 0 Å². The maximum Gasteiger partial charge on any atom is 0.136 e. The first-order valence-corrected chi connectivity index (χ1v) is 7.34. The highest BCUT2D eigenvalue weighted by molar-refractivity contribution is 5.81. The van der Waals surface area contributed by atoms with Gasteiger partial charge in [-0.05, 0) is 31.9 Å². The molecule has 0 spiro atoms. The van der Waals surface area contributed by atoms with Crippen LogP contribution >= 0.6 is 0 Å². The van der Waals surface area contributed by atoms with Crippen molar-refractivity contribution in [2.45, 2.75) is 51.9 Å². The van der Waals surface area contributed by atoms with Crippen molar-refractivity contribution in [3.63, 3.8) is 0 Å². The van der Waals surface area contributed by atoms with E-state index in [0.29, 0.717) is 24.5 Å². The number of ketones is 1. The number of Topliss-reactive ketones (excluding diaryl/α,β-unsaturated/α-hetero) is 1. The zero-order chi connectivity index (χ0) is 13.5. The zero-order valence-corrected chi connectivity index (χ0v) is 11.7. The van der Waals surface area contributed by atoms with Crippen molar-refractivity contribution in [2.24, 2.45) is 5.92 Å². The predicted octanol–water partition coefficient (Wildman–Crippen LogP) is 4.28. The molecule has 0 bridgehead atoms. The van der Waals surface area contributed by atoms with Crippen LogP contribution in [0.5, 0.6) is 0 Å². The first-order valence-electron chi connectivity index (χ1n) is 7.34. The van der Waals surface area contributed by atoms with E-state index in [4.69, 9.17) is 0 Å². The lowest BCUT2D eigenvalue weighted by molar-refractivity contribution is -0.123. The van der Waals surface area contributed by atoms with E-state index in [1.807, 2.05) is 12.1 Å². The summed E-state index contributed by atoms with van der Waals surface area (Å²) in [7, 11) is 0. The van der Waals surface area contributed by atoms with Gasteiger partial charge in [-0.3, -0.25) is 4.79 Å². The van der Waals surface area contributed by atoms with Crippen LogP contribution in [0.25, 0.3) is 0 Å². The van der Waals surface area contributed by atoms with Gasteiger partial charge in [0.2, 0.25) is 0 Å². The van der Waals surface area contributed by atoms with E-state index in [0.717, 1.165) is 18.4 Å². The first kappa shape index (κ1) is 13.9. The molecule has 0 aliphatic heterocycles. The van der Waals surface area contributed by atoms with Crippen LogP contribution in [0, 0.1) is 24.7 Å². The molecule has 0 radical (unpaired) electrons. The molecule has 1 aromatic carbocycles. The maximum absolute atomic E-state index is 12.0. The highest BCUT2D eigenvalue weighted by atomic mass is 16.1. The first-order chi connectivity index (χ1) is 9.25. The monoisotopic (exact) mass is 254 g/mol. The van der Waals surface area contributed by atoms with Crippen molar-refractivity contribution in [1.82, 2.24) is 0 Å². The van der Waals surface area contributed by atoms with Crippen molar-refractivity contribution in [1.29, 1.82) is 0 Å². The Bertz CT molecular complexity index is 467. The smallest absolute Gasteiger partial charge is 0.136 e. The van der Waals surface area contributed by atoms with Gasteiger partial charge in [0.05, 0.1) is 0 Å². The Morgan fingerprint density at radius 2 is 1.84 bits per heavy atom. The third-order valence-electron chi connectivity index (χ3n) is 3.84. The summed E-state index contributed by atoms with van der Waals surface area (Å²) >= 11 is 0. The van der Waals surface area contributed by atoms with Gasteiger partial charge < -0.3 is 0 Å². The van der Waals surface area contributed by atoms with Crippen LogP contribution in [0.2, 0.25) is 0 Å². The number of benzene rings is 1. The van der Waals surface area contributed by atoms with Crippen LogP contribution in [-0.4, -0.2) is 5.78 Å². The summed E-state index contributed by atoms with van der Waals surface area (Å²) in [4.78, 5) is 12.0. The second-order valence-electron chi connectivity index (χ2n) is 5.47. The number of rotatable bonds is 3. The Kier molecular flexibility index (Phi) is 5.21. The van der Waals surface area contributed by atoms with Crippen molar-refractivity contribution < 1.29 is 4.79 Å². The molecule has 0 unspecified atom stereocenters. The molecule has 0 heterocycles. The van der Waals surface area contributed by atoms with Gasteiger partial charge in [0.25, 0.3) is 0 Å². The van der Waals surface area contributed by atoms with E-state index in [2.05, 4.69) is 30.9 Å². The minimum atomic E-state index is 0.329. The van der Waals surface area contributed by atoms with E-state index in [-0.39, 0.29) is 0 Å². The highest BCUT2D eigenvalue weighted by Crippen LogP contribution is 2.25. The Hall–Kier alpha value is -1.55. The molecule has 0 atom stereocenters. The predicted molar refractivity (Wildman–Crippen MR) is 78.9 cm³/mol. The van der Waals surface area contributed by atoms with Crippen LogP contribution in [0.15, 0.2) is 24.3 Å². The summed E-state index contributed by atoms with van der Waals surface area (Å²) in [5, 5.41) is 0. The van der Waals surface area contributed by atoms with Gasteiger partial charge >= 0.3 is 0 Å². The fraction of sp³-hybridized carbons (Fsp3) is 0.500. The van der Waals surface area contributed by atoms with Crippen molar-refractivity contribution in [3.8, 4) is 11.8 Å². The molecule has 1 aromatic rings. The summed E-state index contributed by atoms with van der Waals surface area (Å²) in [6.45, 7) is 2.07. The van der Waals surface area contributed by atoms with Gasteiger partial charge in [0.1, 0.15) is 5.78 Å². The summed E-state index contributed by atoms with van der Waals surface area (Å²) < 4.78 is 0. The quantitative estimate of drug-likeness (QED) is 0.736. The molecule has 100 valence electrons. The number of carbonyl (C=O) groups is 1. The van der Waals surface area contributed by atoms with Crippen LogP contribution in [0.3, 0.4) is 0 Å². The standard InChI is InChI=1S/C18H22O/c1-15-11-13-16(14-12-15)7-5-6-10-18(19)17-8-3-2-4-9-17/h11-14,17H,2-4,6,8-10H2,1H3. The van der Waals surface area contributed by atoms with E-state index < -0.39 is 0 Å². The fourth-order valence-electron chi connectivity index (χ4n) is 2.62. The maximum atomic E-state index is 12.0. The fourth-order valence-corrected chi connectivity index (χ4v) is 2.62. The zero-order valence-electron chi connectivity index (χ0n) is 11.7. The molecular weight excluding hydrogens is 232 g/mol. The van der Waals surface area contributed by atoms with Gasteiger partial charge in [-0.25, -0.2) is 0 Å². The molecule has 0 aromatic heterocycles. The van der Waals surface area contributed by atoms with Gasteiger partial charge in [-0.1, -0.05) is 48.8 Å². The third kappa shape index (κ3) is 4.56. The molecular formula is C18H22O.